The first-order valence-corrected chi connectivity index (χ1v) is 5.79. The van der Waals surface area contributed by atoms with Crippen molar-refractivity contribution in [3.05, 3.63) is 36.0 Å². The molecular weight excluding hydrogens is 260 g/mol. The molecule has 0 aliphatic heterocycles. The summed E-state index contributed by atoms with van der Waals surface area (Å²) >= 11 is 0. The van der Waals surface area contributed by atoms with Crippen LogP contribution in [0.1, 0.15) is 10.5 Å². The van der Waals surface area contributed by atoms with E-state index in [4.69, 9.17) is 20.3 Å². The molecule has 0 unspecified atom stereocenters. The zero-order valence-corrected chi connectivity index (χ0v) is 11.1. The van der Waals surface area contributed by atoms with E-state index in [-0.39, 0.29) is 11.5 Å². The number of pyridine rings is 1. The van der Waals surface area contributed by atoms with Gasteiger partial charge in [0.15, 0.2) is 17.2 Å². The van der Waals surface area contributed by atoms with E-state index in [9.17, 15) is 4.79 Å². The second-order valence-corrected chi connectivity index (χ2v) is 4.00. The van der Waals surface area contributed by atoms with Gasteiger partial charge in [-0.05, 0) is 29.8 Å². The minimum absolute atomic E-state index is 0.0910. The number of methoxy groups -OCH3 is 2. The SMILES string of the molecule is COc1ccc(-c2ccc(C(=O)O)nc2N)cc1OC. The molecule has 0 saturated heterocycles. The summed E-state index contributed by atoms with van der Waals surface area (Å²) in [5.74, 6) is 0.198. The van der Waals surface area contributed by atoms with Crippen LogP contribution < -0.4 is 15.2 Å². The van der Waals surface area contributed by atoms with Gasteiger partial charge in [-0.25, -0.2) is 9.78 Å². The van der Waals surface area contributed by atoms with Gasteiger partial charge >= 0.3 is 5.97 Å². The Kier molecular flexibility index (Phi) is 3.74. The summed E-state index contributed by atoms with van der Waals surface area (Å²) in [4.78, 5) is 14.7. The maximum atomic E-state index is 10.8. The molecular formula is C14H14N2O4. The summed E-state index contributed by atoms with van der Waals surface area (Å²) in [5.41, 5.74) is 7.12. The van der Waals surface area contributed by atoms with Gasteiger partial charge < -0.3 is 20.3 Å². The molecule has 1 aromatic heterocycles. The lowest BCUT2D eigenvalue weighted by atomic mass is 10.1. The molecule has 0 amide bonds. The van der Waals surface area contributed by atoms with Crippen LogP contribution in [-0.4, -0.2) is 30.3 Å². The van der Waals surface area contributed by atoms with E-state index in [0.29, 0.717) is 17.1 Å². The van der Waals surface area contributed by atoms with E-state index >= 15 is 0 Å². The zero-order chi connectivity index (χ0) is 14.7. The number of anilines is 1. The second-order valence-electron chi connectivity index (χ2n) is 4.00. The molecule has 0 radical (unpaired) electrons. The third-order valence-electron chi connectivity index (χ3n) is 2.84. The van der Waals surface area contributed by atoms with Crippen LogP contribution in [0.15, 0.2) is 30.3 Å². The largest absolute Gasteiger partial charge is 0.493 e. The molecule has 1 aromatic carbocycles. The zero-order valence-electron chi connectivity index (χ0n) is 11.1. The van der Waals surface area contributed by atoms with Gasteiger partial charge in [-0.1, -0.05) is 6.07 Å². The first-order valence-electron chi connectivity index (χ1n) is 5.79. The summed E-state index contributed by atoms with van der Waals surface area (Å²) < 4.78 is 10.4. The molecule has 0 atom stereocenters. The number of nitrogen functional groups attached to an aromatic ring is 1. The molecule has 0 fully saturated rings. The van der Waals surface area contributed by atoms with E-state index < -0.39 is 5.97 Å². The molecule has 6 heteroatoms. The number of benzene rings is 1. The first kappa shape index (κ1) is 13.7. The van der Waals surface area contributed by atoms with Crippen LogP contribution in [0.4, 0.5) is 5.82 Å². The minimum Gasteiger partial charge on any atom is -0.493 e. The number of carboxylic acid groups (broad SMARTS) is 1. The molecule has 0 aliphatic rings. The third-order valence-corrected chi connectivity index (χ3v) is 2.84. The highest BCUT2D eigenvalue weighted by Gasteiger charge is 2.12. The maximum absolute atomic E-state index is 10.8. The second kappa shape index (κ2) is 5.48. The van der Waals surface area contributed by atoms with Gasteiger partial charge in [-0.15, -0.1) is 0 Å². The van der Waals surface area contributed by atoms with Gasteiger partial charge in [-0.3, -0.25) is 0 Å². The van der Waals surface area contributed by atoms with Crippen molar-refractivity contribution in [3.63, 3.8) is 0 Å². The monoisotopic (exact) mass is 274 g/mol. The summed E-state index contributed by atoms with van der Waals surface area (Å²) in [6, 6.07) is 8.33. The van der Waals surface area contributed by atoms with Gasteiger partial charge in [0.2, 0.25) is 0 Å². The van der Waals surface area contributed by atoms with Crippen molar-refractivity contribution in [2.75, 3.05) is 20.0 Å². The van der Waals surface area contributed by atoms with E-state index in [2.05, 4.69) is 4.98 Å². The molecule has 0 bridgehead atoms. The number of carbonyl (C=O) groups is 1. The minimum atomic E-state index is -1.12. The lowest BCUT2D eigenvalue weighted by molar-refractivity contribution is 0.0690. The molecule has 3 N–H and O–H groups in total. The predicted octanol–water partition coefficient (Wildman–Crippen LogP) is 2.05. The van der Waals surface area contributed by atoms with Crippen molar-refractivity contribution < 1.29 is 19.4 Å². The van der Waals surface area contributed by atoms with Crippen LogP contribution in [0.2, 0.25) is 0 Å². The number of aromatic carboxylic acids is 1. The number of ether oxygens (including phenoxy) is 2. The number of hydrogen-bond acceptors (Lipinski definition) is 5. The average Bonchev–Trinajstić information content (AvgIpc) is 2.46. The van der Waals surface area contributed by atoms with Crippen molar-refractivity contribution in [3.8, 4) is 22.6 Å². The Balaban J connectivity index is 2.49. The highest BCUT2D eigenvalue weighted by atomic mass is 16.5. The molecule has 0 saturated carbocycles. The fourth-order valence-corrected chi connectivity index (χ4v) is 1.84. The van der Waals surface area contributed by atoms with Crippen LogP contribution in [0, 0.1) is 0 Å². The Labute approximate surface area is 115 Å². The van der Waals surface area contributed by atoms with Crippen LogP contribution in [0.25, 0.3) is 11.1 Å². The fourth-order valence-electron chi connectivity index (χ4n) is 1.84. The number of rotatable bonds is 4. The molecule has 20 heavy (non-hydrogen) atoms. The van der Waals surface area contributed by atoms with Gasteiger partial charge in [0.1, 0.15) is 5.82 Å². The highest BCUT2D eigenvalue weighted by molar-refractivity contribution is 5.87. The molecule has 2 rings (SSSR count). The fraction of sp³-hybridized carbons (Fsp3) is 0.143. The number of aromatic nitrogens is 1. The summed E-state index contributed by atoms with van der Waals surface area (Å²) in [6.45, 7) is 0. The predicted molar refractivity (Wildman–Crippen MR) is 74.1 cm³/mol. The van der Waals surface area contributed by atoms with Crippen molar-refractivity contribution in [1.29, 1.82) is 0 Å². The molecule has 0 aliphatic carbocycles. The molecule has 6 nitrogen and oxygen atoms in total. The lowest BCUT2D eigenvalue weighted by Gasteiger charge is -2.11. The van der Waals surface area contributed by atoms with E-state index in [1.807, 2.05) is 0 Å². The summed E-state index contributed by atoms with van der Waals surface area (Å²) in [7, 11) is 3.09. The maximum Gasteiger partial charge on any atom is 0.354 e. The average molecular weight is 274 g/mol. The molecule has 1 heterocycles. The van der Waals surface area contributed by atoms with Crippen molar-refractivity contribution in [1.82, 2.24) is 4.98 Å². The van der Waals surface area contributed by atoms with Crippen molar-refractivity contribution >= 4 is 11.8 Å². The van der Waals surface area contributed by atoms with Gasteiger partial charge in [0, 0.05) is 5.56 Å². The third kappa shape index (κ3) is 2.49. The Morgan fingerprint density at radius 1 is 1.15 bits per heavy atom. The highest BCUT2D eigenvalue weighted by Crippen LogP contribution is 2.33. The number of carboxylic acids is 1. The summed E-state index contributed by atoms with van der Waals surface area (Å²) in [5, 5.41) is 8.87. The lowest BCUT2D eigenvalue weighted by Crippen LogP contribution is -2.04. The van der Waals surface area contributed by atoms with Gasteiger partial charge in [0.05, 0.1) is 14.2 Å². The van der Waals surface area contributed by atoms with E-state index in [0.717, 1.165) is 5.56 Å². The van der Waals surface area contributed by atoms with Gasteiger partial charge in [-0.2, -0.15) is 0 Å². The standard InChI is InChI=1S/C14H14N2O4/c1-19-11-6-3-8(7-12(11)20-2)9-4-5-10(14(17)18)16-13(9)15/h3-7H,1-2H3,(H2,15,16)(H,17,18). The number of nitrogens with two attached hydrogens (primary N) is 1. The summed E-state index contributed by atoms with van der Waals surface area (Å²) in [6.07, 6.45) is 0. The van der Waals surface area contributed by atoms with E-state index in [1.165, 1.54) is 13.2 Å². The Morgan fingerprint density at radius 3 is 2.40 bits per heavy atom. The van der Waals surface area contributed by atoms with Crippen LogP contribution in [0.5, 0.6) is 11.5 Å². The normalized spacial score (nSPS) is 10.1. The Morgan fingerprint density at radius 2 is 1.85 bits per heavy atom. The first-order chi connectivity index (χ1) is 9.56. The number of hydrogen-bond donors (Lipinski definition) is 2. The smallest absolute Gasteiger partial charge is 0.354 e. The van der Waals surface area contributed by atoms with Crippen LogP contribution in [-0.2, 0) is 0 Å². The molecule has 2 aromatic rings. The van der Waals surface area contributed by atoms with Crippen LogP contribution in [0.3, 0.4) is 0 Å². The molecule has 0 spiro atoms. The van der Waals surface area contributed by atoms with Crippen LogP contribution >= 0.6 is 0 Å². The van der Waals surface area contributed by atoms with Crippen molar-refractivity contribution in [2.24, 2.45) is 0 Å². The topological polar surface area (TPSA) is 94.7 Å². The number of nitrogens with zero attached hydrogens (tertiary/aromatic N) is 1. The Hall–Kier alpha value is -2.76. The Bertz CT molecular complexity index is 656. The van der Waals surface area contributed by atoms with Crippen molar-refractivity contribution in [2.45, 2.75) is 0 Å². The molecule has 104 valence electrons. The van der Waals surface area contributed by atoms with Gasteiger partial charge in [0.25, 0.3) is 0 Å². The van der Waals surface area contributed by atoms with E-state index in [1.54, 1.807) is 31.4 Å². The quantitative estimate of drug-likeness (QED) is 0.886.